The maximum atomic E-state index is 13.2. The van der Waals surface area contributed by atoms with Crippen LogP contribution in [0.25, 0.3) is 21.9 Å². The molecule has 1 heterocycles. The summed E-state index contributed by atoms with van der Waals surface area (Å²) < 4.78 is 32.4. The number of rotatable bonds is 10. The van der Waals surface area contributed by atoms with Gasteiger partial charge in [0, 0.05) is 6.07 Å². The topological polar surface area (TPSA) is 162 Å². The van der Waals surface area contributed by atoms with Crippen LogP contribution < -0.4 is 20.6 Å². The molecule has 1 aromatic heterocycles. The summed E-state index contributed by atoms with van der Waals surface area (Å²) in [6.07, 6.45) is 0.513. The number of aliphatic hydroxyl groups excluding tert-OH is 1. The van der Waals surface area contributed by atoms with Gasteiger partial charge in [0.2, 0.25) is 5.43 Å². The van der Waals surface area contributed by atoms with E-state index in [1.54, 1.807) is 54.6 Å². The van der Waals surface area contributed by atoms with Gasteiger partial charge in [-0.25, -0.2) is 4.57 Å². The van der Waals surface area contributed by atoms with Gasteiger partial charge in [0.1, 0.15) is 28.4 Å². The summed E-state index contributed by atoms with van der Waals surface area (Å²) >= 11 is 6.16. The smallest absolute Gasteiger partial charge is 0.469 e. The lowest BCUT2D eigenvalue weighted by atomic mass is 9.93. The highest BCUT2D eigenvalue weighted by Gasteiger charge is 2.28. The van der Waals surface area contributed by atoms with Crippen LogP contribution >= 0.6 is 19.4 Å². The number of hydrogen-bond donors (Lipinski definition) is 4. The molecule has 1 atom stereocenters. The first-order valence-electron chi connectivity index (χ1n) is 11.1. The van der Waals surface area contributed by atoms with Crippen LogP contribution in [-0.2, 0) is 15.5 Å². The Kier molecular flexibility index (Phi) is 7.91. The predicted molar refractivity (Wildman–Crippen MR) is 138 cm³/mol. The molecular formula is C25H25ClNO9P. The first kappa shape index (κ1) is 27.1. The average Bonchev–Trinajstić information content (AvgIpc) is 2.86. The summed E-state index contributed by atoms with van der Waals surface area (Å²) in [4.78, 5) is 31.0. The number of benzene rings is 3. The lowest BCUT2D eigenvalue weighted by Crippen LogP contribution is -2.48. The average molecular weight is 550 g/mol. The summed E-state index contributed by atoms with van der Waals surface area (Å²) in [7, 11) is -3.21. The van der Waals surface area contributed by atoms with Crippen molar-refractivity contribution in [3.63, 3.8) is 0 Å². The van der Waals surface area contributed by atoms with E-state index in [0.717, 1.165) is 5.56 Å². The number of hydrogen-bond acceptors (Lipinski definition) is 8. The molecule has 1 unspecified atom stereocenters. The quantitative estimate of drug-likeness (QED) is 0.167. The van der Waals surface area contributed by atoms with Crippen molar-refractivity contribution in [2.75, 3.05) is 20.3 Å². The fourth-order valence-electron chi connectivity index (χ4n) is 3.75. The van der Waals surface area contributed by atoms with Crippen LogP contribution in [0.4, 0.5) is 0 Å². The summed E-state index contributed by atoms with van der Waals surface area (Å²) in [6.45, 7) is -1.05. The minimum absolute atomic E-state index is 0.170. The van der Waals surface area contributed by atoms with Gasteiger partial charge >= 0.3 is 7.82 Å². The van der Waals surface area contributed by atoms with E-state index in [1.807, 2.05) is 0 Å². The Morgan fingerprint density at radius 2 is 1.76 bits per heavy atom. The number of aliphatic hydroxyl groups is 1. The molecule has 5 N–H and O–H groups in total. The van der Waals surface area contributed by atoms with Crippen LogP contribution in [0.15, 0.2) is 63.8 Å². The van der Waals surface area contributed by atoms with E-state index in [2.05, 4.69) is 4.52 Å². The van der Waals surface area contributed by atoms with E-state index in [9.17, 15) is 14.5 Å². The molecule has 37 heavy (non-hydrogen) atoms. The van der Waals surface area contributed by atoms with Gasteiger partial charge in [0.25, 0.3) is 0 Å². The highest BCUT2D eigenvalue weighted by atomic mass is 35.5. The molecule has 4 rings (SSSR count). The van der Waals surface area contributed by atoms with Gasteiger partial charge in [0.15, 0.2) is 0 Å². The fourth-order valence-corrected chi connectivity index (χ4v) is 4.42. The number of phosphoric acid groups is 1. The minimum Gasteiger partial charge on any atom is -0.495 e. The van der Waals surface area contributed by atoms with E-state index in [-0.39, 0.29) is 11.8 Å². The van der Waals surface area contributed by atoms with Crippen molar-refractivity contribution in [3.05, 3.63) is 75.4 Å². The van der Waals surface area contributed by atoms with Gasteiger partial charge in [0.05, 0.1) is 41.7 Å². The maximum absolute atomic E-state index is 13.2. The molecule has 4 aromatic rings. The molecule has 0 spiro atoms. The molecular weight excluding hydrogens is 525 g/mol. The molecule has 0 bridgehead atoms. The second-order valence-corrected chi connectivity index (χ2v) is 10.2. The number of halogens is 1. The van der Waals surface area contributed by atoms with E-state index < -0.39 is 26.6 Å². The zero-order valence-corrected chi connectivity index (χ0v) is 21.4. The van der Waals surface area contributed by atoms with Crippen LogP contribution in [0.3, 0.4) is 0 Å². The van der Waals surface area contributed by atoms with E-state index in [0.29, 0.717) is 50.6 Å². The van der Waals surface area contributed by atoms with Gasteiger partial charge in [-0.15, -0.1) is 0 Å². The fraction of sp³-hybridized carbons (Fsp3) is 0.240. The van der Waals surface area contributed by atoms with Crippen LogP contribution in [0.2, 0.25) is 5.02 Å². The van der Waals surface area contributed by atoms with E-state index in [1.165, 1.54) is 7.11 Å². The molecule has 0 aliphatic heterocycles. The Morgan fingerprint density at radius 3 is 2.43 bits per heavy atom. The molecule has 10 nitrogen and oxygen atoms in total. The standard InChI is InChI=1S/C25H25ClNO9P/c1-33-22-7-4-17(12-20(22)26)35-16-3-6-21-19(11-16)24(29)18-5-2-15(10-23(18)36-21)8-9-25(27,13-28)14-34-37(30,31)32/h2-7,10-12,28H,8-9,13-14,27H2,1H3,(H2,30,31,32). The molecule has 196 valence electrons. The number of methoxy groups -OCH3 is 1. The highest BCUT2D eigenvalue weighted by Crippen LogP contribution is 2.37. The molecule has 0 aliphatic carbocycles. The Labute approximate surface area is 216 Å². The van der Waals surface area contributed by atoms with Crippen molar-refractivity contribution in [1.82, 2.24) is 0 Å². The monoisotopic (exact) mass is 549 g/mol. The number of phosphoric ester groups is 1. The summed E-state index contributed by atoms with van der Waals surface area (Å²) in [5.74, 6) is 1.42. The summed E-state index contributed by atoms with van der Waals surface area (Å²) in [5.41, 5.74) is 5.93. The first-order chi connectivity index (χ1) is 17.5. The van der Waals surface area contributed by atoms with E-state index in [4.69, 9.17) is 41.0 Å². The number of fused-ring (bicyclic) bond motifs is 2. The molecule has 12 heteroatoms. The largest absolute Gasteiger partial charge is 0.495 e. The Morgan fingerprint density at radius 1 is 1.03 bits per heavy atom. The first-order valence-corrected chi connectivity index (χ1v) is 13.0. The van der Waals surface area contributed by atoms with Crippen molar-refractivity contribution in [2.45, 2.75) is 18.4 Å². The van der Waals surface area contributed by atoms with E-state index >= 15 is 0 Å². The molecule has 0 saturated heterocycles. The normalized spacial score (nSPS) is 13.6. The molecule has 0 aliphatic rings. The minimum atomic E-state index is -4.72. The molecule has 0 saturated carbocycles. The van der Waals surface area contributed by atoms with Crippen LogP contribution in [-0.4, -0.2) is 40.8 Å². The third-order valence-corrected chi connectivity index (χ3v) is 6.57. The Balaban J connectivity index is 1.57. The summed E-state index contributed by atoms with van der Waals surface area (Å²) in [5, 5.41) is 10.7. The SMILES string of the molecule is COc1ccc(Oc2ccc3oc4cc(CCC(N)(CO)COP(=O)(O)O)ccc4c(=O)c3c2)cc1Cl. The second-order valence-electron chi connectivity index (χ2n) is 8.60. The molecule has 0 fully saturated rings. The Bertz CT molecular complexity index is 1550. The van der Waals surface area contributed by atoms with Gasteiger partial charge in [-0.2, -0.15) is 0 Å². The molecule has 0 radical (unpaired) electrons. The lowest BCUT2D eigenvalue weighted by Gasteiger charge is -2.27. The van der Waals surface area contributed by atoms with Crippen molar-refractivity contribution in [1.29, 1.82) is 0 Å². The van der Waals surface area contributed by atoms with Crippen molar-refractivity contribution >= 4 is 41.4 Å². The molecule has 3 aromatic carbocycles. The van der Waals surface area contributed by atoms with Crippen LogP contribution in [0.1, 0.15) is 12.0 Å². The van der Waals surface area contributed by atoms with Crippen molar-refractivity contribution in [3.8, 4) is 17.2 Å². The van der Waals surface area contributed by atoms with Gasteiger partial charge < -0.3 is 34.5 Å². The van der Waals surface area contributed by atoms with Crippen molar-refractivity contribution < 1.29 is 37.9 Å². The van der Waals surface area contributed by atoms with Crippen LogP contribution in [0, 0.1) is 0 Å². The zero-order valence-electron chi connectivity index (χ0n) is 19.7. The maximum Gasteiger partial charge on any atom is 0.469 e. The number of ether oxygens (including phenoxy) is 2. The van der Waals surface area contributed by atoms with Crippen LogP contribution in [0.5, 0.6) is 17.2 Å². The lowest BCUT2D eigenvalue weighted by molar-refractivity contribution is 0.102. The summed E-state index contributed by atoms with van der Waals surface area (Å²) in [6, 6.07) is 15.0. The third-order valence-electron chi connectivity index (χ3n) is 5.81. The molecule has 0 amide bonds. The van der Waals surface area contributed by atoms with Crippen molar-refractivity contribution in [2.24, 2.45) is 5.73 Å². The second kappa shape index (κ2) is 10.8. The number of aryl methyl sites for hydroxylation is 1. The number of nitrogens with two attached hydrogens (primary N) is 1. The van der Waals surface area contributed by atoms with Gasteiger partial charge in [-0.05, 0) is 60.9 Å². The zero-order chi connectivity index (χ0) is 26.8. The highest BCUT2D eigenvalue weighted by molar-refractivity contribution is 7.46. The Hall–Kier alpha value is -2.95. The van der Waals surface area contributed by atoms with Gasteiger partial charge in [-0.1, -0.05) is 17.7 Å². The third kappa shape index (κ3) is 6.49. The van der Waals surface area contributed by atoms with Gasteiger partial charge in [-0.3, -0.25) is 9.32 Å². The predicted octanol–water partition coefficient (Wildman–Crippen LogP) is 4.13.